The number of esters is 1. The predicted molar refractivity (Wildman–Crippen MR) is 66.5 cm³/mol. The summed E-state index contributed by atoms with van der Waals surface area (Å²) >= 11 is 0. The van der Waals surface area contributed by atoms with Gasteiger partial charge in [-0.3, -0.25) is 9.59 Å². The molecule has 0 heterocycles. The molecule has 0 aliphatic rings. The third-order valence-corrected chi connectivity index (χ3v) is 2.42. The van der Waals surface area contributed by atoms with Crippen LogP contribution in [0.25, 0.3) is 0 Å². The first-order valence-electron chi connectivity index (χ1n) is 5.61. The van der Waals surface area contributed by atoms with Gasteiger partial charge in [0.2, 0.25) is 0 Å². The molecule has 0 aromatic heterocycles. The highest BCUT2D eigenvalue weighted by Crippen LogP contribution is 2.29. The number of alkyl halides is 3. The van der Waals surface area contributed by atoms with Gasteiger partial charge in [-0.05, 0) is 18.2 Å². The van der Waals surface area contributed by atoms with Gasteiger partial charge in [-0.15, -0.1) is 13.2 Å². The number of methoxy groups -OCH3 is 1. The van der Waals surface area contributed by atoms with E-state index in [2.05, 4.69) is 9.47 Å². The van der Waals surface area contributed by atoms with Crippen LogP contribution in [0.4, 0.5) is 18.9 Å². The number of anilines is 1. The number of amides is 1. The second-order valence-electron chi connectivity index (χ2n) is 4.04. The van der Waals surface area contributed by atoms with Crippen molar-refractivity contribution in [2.75, 3.05) is 26.4 Å². The average Bonchev–Trinajstić information content (AvgIpc) is 2.38. The minimum atomic E-state index is -4.87. The van der Waals surface area contributed by atoms with Crippen molar-refractivity contribution >= 4 is 17.6 Å². The van der Waals surface area contributed by atoms with Gasteiger partial charge in [0.15, 0.2) is 5.75 Å². The Morgan fingerprint density at radius 1 is 1.33 bits per heavy atom. The quantitative estimate of drug-likeness (QED) is 0.672. The molecule has 0 fully saturated rings. The molecule has 0 unspecified atom stereocenters. The molecule has 9 heteroatoms. The number of carbonyl (C=O) groups is 2. The fourth-order valence-corrected chi connectivity index (χ4v) is 1.45. The second-order valence-corrected chi connectivity index (χ2v) is 4.04. The van der Waals surface area contributed by atoms with E-state index in [1.807, 2.05) is 0 Å². The number of carbonyl (C=O) groups excluding carboxylic acids is 2. The number of ether oxygens (including phenoxy) is 2. The molecule has 0 atom stereocenters. The molecule has 0 aliphatic carbocycles. The van der Waals surface area contributed by atoms with Crippen molar-refractivity contribution in [3.63, 3.8) is 0 Å². The summed E-state index contributed by atoms with van der Waals surface area (Å²) in [6.07, 6.45) is -4.87. The molecule has 1 aromatic rings. The number of hydrogen-bond donors (Lipinski definition) is 1. The Labute approximate surface area is 118 Å². The van der Waals surface area contributed by atoms with Gasteiger partial charge in [0.25, 0.3) is 5.91 Å². The normalized spacial score (nSPS) is 10.9. The van der Waals surface area contributed by atoms with E-state index in [1.165, 1.54) is 14.2 Å². The Morgan fingerprint density at radius 3 is 2.43 bits per heavy atom. The summed E-state index contributed by atoms with van der Waals surface area (Å²) in [4.78, 5) is 24.0. The zero-order valence-corrected chi connectivity index (χ0v) is 11.2. The molecule has 6 nitrogen and oxygen atoms in total. The number of likely N-dealkylation sites (N-methyl/N-ethyl adjacent to an activating group) is 1. The Bertz CT molecular complexity index is 546. The number of hydrogen-bond acceptors (Lipinski definition) is 5. The Hall–Kier alpha value is -2.45. The largest absolute Gasteiger partial charge is 0.573 e. The van der Waals surface area contributed by atoms with Crippen LogP contribution in [-0.2, 0) is 9.53 Å². The standard InChI is InChI=1S/C12H13F3N2O4/c1-17(6-10(18)20-2)11(19)7-3-4-9(8(16)5-7)21-12(13,14)15/h3-5H,6,16H2,1-2H3. The van der Waals surface area contributed by atoms with E-state index < -0.39 is 24.0 Å². The zero-order valence-electron chi connectivity index (χ0n) is 11.2. The van der Waals surface area contributed by atoms with Crippen LogP contribution in [0.1, 0.15) is 10.4 Å². The Kier molecular flexibility index (Phi) is 5.01. The summed E-state index contributed by atoms with van der Waals surface area (Å²) in [6.45, 7) is -0.296. The molecule has 116 valence electrons. The Balaban J connectivity index is 2.88. The van der Waals surface area contributed by atoms with Crippen molar-refractivity contribution in [2.45, 2.75) is 6.36 Å². The van der Waals surface area contributed by atoms with Crippen molar-refractivity contribution in [1.29, 1.82) is 0 Å². The lowest BCUT2D eigenvalue weighted by molar-refractivity contribution is -0.274. The maximum Gasteiger partial charge on any atom is 0.573 e. The van der Waals surface area contributed by atoms with Crippen molar-refractivity contribution in [3.8, 4) is 5.75 Å². The number of rotatable bonds is 4. The Morgan fingerprint density at radius 2 is 1.95 bits per heavy atom. The number of nitrogens with zero attached hydrogens (tertiary/aromatic N) is 1. The van der Waals surface area contributed by atoms with E-state index >= 15 is 0 Å². The molecule has 1 rings (SSSR count). The first-order chi connectivity index (χ1) is 9.64. The molecule has 0 bridgehead atoms. The summed E-state index contributed by atoms with van der Waals surface area (Å²) < 4.78 is 44.3. The molecule has 0 saturated carbocycles. The molecule has 0 spiro atoms. The van der Waals surface area contributed by atoms with Crippen LogP contribution in [0.15, 0.2) is 18.2 Å². The lowest BCUT2D eigenvalue weighted by Gasteiger charge is -2.17. The van der Waals surface area contributed by atoms with Crippen LogP contribution >= 0.6 is 0 Å². The fraction of sp³-hybridized carbons (Fsp3) is 0.333. The topological polar surface area (TPSA) is 81.9 Å². The third-order valence-electron chi connectivity index (χ3n) is 2.42. The summed E-state index contributed by atoms with van der Waals surface area (Å²) in [5, 5.41) is 0. The predicted octanol–water partition coefficient (Wildman–Crippen LogP) is 1.41. The zero-order chi connectivity index (χ0) is 16.2. The SMILES string of the molecule is COC(=O)CN(C)C(=O)c1ccc(OC(F)(F)F)c(N)c1. The molecule has 2 N–H and O–H groups in total. The number of nitrogen functional groups attached to an aromatic ring is 1. The minimum absolute atomic E-state index is 0.0217. The number of nitrogens with two attached hydrogens (primary N) is 1. The number of halogens is 3. The van der Waals surface area contributed by atoms with Crippen LogP contribution < -0.4 is 10.5 Å². The first-order valence-corrected chi connectivity index (χ1v) is 5.61. The number of benzene rings is 1. The monoisotopic (exact) mass is 306 g/mol. The van der Waals surface area contributed by atoms with Gasteiger partial charge in [0, 0.05) is 12.6 Å². The molecule has 0 saturated heterocycles. The second kappa shape index (κ2) is 6.33. The highest BCUT2D eigenvalue weighted by atomic mass is 19.4. The summed E-state index contributed by atoms with van der Waals surface area (Å²) in [5.41, 5.74) is 5.09. The molecule has 0 aliphatic heterocycles. The minimum Gasteiger partial charge on any atom is -0.468 e. The molecule has 1 amide bonds. The van der Waals surface area contributed by atoms with Gasteiger partial charge in [-0.25, -0.2) is 0 Å². The lowest BCUT2D eigenvalue weighted by atomic mass is 10.1. The van der Waals surface area contributed by atoms with Crippen molar-refractivity contribution in [2.24, 2.45) is 0 Å². The van der Waals surface area contributed by atoms with Crippen LogP contribution in [0.3, 0.4) is 0 Å². The fourth-order valence-electron chi connectivity index (χ4n) is 1.45. The molecular formula is C12H13F3N2O4. The van der Waals surface area contributed by atoms with Crippen molar-refractivity contribution < 1.29 is 32.2 Å². The van der Waals surface area contributed by atoms with Crippen molar-refractivity contribution in [1.82, 2.24) is 4.90 Å². The van der Waals surface area contributed by atoms with Crippen LogP contribution in [0.5, 0.6) is 5.75 Å². The van der Waals surface area contributed by atoms with E-state index in [9.17, 15) is 22.8 Å². The maximum atomic E-state index is 12.1. The van der Waals surface area contributed by atoms with Gasteiger partial charge < -0.3 is 20.1 Å². The van der Waals surface area contributed by atoms with Crippen LogP contribution in [-0.4, -0.2) is 43.8 Å². The highest BCUT2D eigenvalue weighted by molar-refractivity contribution is 5.96. The maximum absolute atomic E-state index is 12.1. The van der Waals surface area contributed by atoms with Gasteiger partial charge in [0.05, 0.1) is 12.8 Å². The smallest absolute Gasteiger partial charge is 0.468 e. The van der Waals surface area contributed by atoms with Crippen molar-refractivity contribution in [3.05, 3.63) is 23.8 Å². The third kappa shape index (κ3) is 4.86. The van der Waals surface area contributed by atoms with Gasteiger partial charge in [0.1, 0.15) is 6.54 Å². The van der Waals surface area contributed by atoms with Gasteiger partial charge in [-0.2, -0.15) is 0 Å². The first kappa shape index (κ1) is 16.6. The van der Waals surface area contributed by atoms with E-state index in [4.69, 9.17) is 5.73 Å². The molecule has 0 radical (unpaired) electrons. The van der Waals surface area contributed by atoms with Crippen LogP contribution in [0.2, 0.25) is 0 Å². The van der Waals surface area contributed by atoms with Gasteiger partial charge >= 0.3 is 12.3 Å². The highest BCUT2D eigenvalue weighted by Gasteiger charge is 2.32. The average molecular weight is 306 g/mol. The summed E-state index contributed by atoms with van der Waals surface area (Å²) in [7, 11) is 2.51. The van der Waals surface area contributed by atoms with Crippen LogP contribution in [0, 0.1) is 0 Å². The lowest BCUT2D eigenvalue weighted by Crippen LogP contribution is -2.32. The van der Waals surface area contributed by atoms with E-state index in [0.29, 0.717) is 0 Å². The molecule has 1 aromatic carbocycles. The summed E-state index contributed by atoms with van der Waals surface area (Å²) in [5.74, 6) is -1.82. The van der Waals surface area contributed by atoms with Gasteiger partial charge in [-0.1, -0.05) is 0 Å². The molecular weight excluding hydrogens is 293 g/mol. The van der Waals surface area contributed by atoms with E-state index in [0.717, 1.165) is 23.1 Å². The summed E-state index contributed by atoms with van der Waals surface area (Å²) in [6, 6.07) is 3.09. The van der Waals surface area contributed by atoms with E-state index in [1.54, 1.807) is 0 Å². The molecule has 21 heavy (non-hydrogen) atoms. The van der Waals surface area contributed by atoms with E-state index in [-0.39, 0.29) is 17.8 Å².